The Labute approximate surface area is 134 Å². The van der Waals surface area contributed by atoms with Crippen molar-refractivity contribution in [3.63, 3.8) is 0 Å². The van der Waals surface area contributed by atoms with Crippen molar-refractivity contribution in [2.24, 2.45) is 0 Å². The molecule has 2 amide bonds. The molecule has 1 saturated heterocycles. The van der Waals surface area contributed by atoms with E-state index in [-0.39, 0.29) is 11.8 Å². The molecule has 1 fully saturated rings. The number of hydrogen-bond donors (Lipinski definition) is 2. The zero-order valence-electron chi connectivity index (χ0n) is 13.1. The van der Waals surface area contributed by atoms with Gasteiger partial charge in [0.15, 0.2) is 0 Å². The molecule has 120 valence electrons. The Morgan fingerprint density at radius 1 is 1.30 bits per heavy atom. The molecular weight excluding hydrogens is 292 g/mol. The van der Waals surface area contributed by atoms with Gasteiger partial charge in [-0.05, 0) is 38.3 Å². The fourth-order valence-electron chi connectivity index (χ4n) is 2.78. The maximum Gasteiger partial charge on any atom is 0.255 e. The molecule has 6 heteroatoms. The topological polar surface area (TPSA) is 76.0 Å². The molecule has 6 nitrogen and oxygen atoms in total. The number of amides is 2. The molecule has 3 rings (SSSR count). The first-order valence-electron chi connectivity index (χ1n) is 7.85. The van der Waals surface area contributed by atoms with Gasteiger partial charge >= 0.3 is 0 Å². The predicted molar refractivity (Wildman–Crippen MR) is 86.4 cm³/mol. The van der Waals surface area contributed by atoms with E-state index in [1.54, 1.807) is 10.9 Å². The lowest BCUT2D eigenvalue weighted by Crippen LogP contribution is -2.45. The van der Waals surface area contributed by atoms with E-state index in [1.165, 1.54) is 0 Å². The van der Waals surface area contributed by atoms with E-state index in [1.807, 2.05) is 37.3 Å². The Morgan fingerprint density at radius 3 is 2.87 bits per heavy atom. The number of benzene rings is 1. The van der Waals surface area contributed by atoms with Crippen molar-refractivity contribution in [2.75, 3.05) is 6.54 Å². The first-order valence-corrected chi connectivity index (χ1v) is 7.85. The van der Waals surface area contributed by atoms with E-state index in [9.17, 15) is 9.59 Å². The zero-order chi connectivity index (χ0) is 16.2. The molecule has 1 atom stereocenters. The van der Waals surface area contributed by atoms with E-state index in [0.717, 1.165) is 24.2 Å². The maximum atomic E-state index is 12.5. The van der Waals surface area contributed by atoms with Crippen LogP contribution in [-0.4, -0.2) is 34.2 Å². The van der Waals surface area contributed by atoms with E-state index in [2.05, 4.69) is 15.7 Å². The molecule has 1 aromatic heterocycles. The van der Waals surface area contributed by atoms with Crippen molar-refractivity contribution in [1.82, 2.24) is 20.4 Å². The third kappa shape index (κ3) is 3.26. The predicted octanol–water partition coefficient (Wildman–Crippen LogP) is 1.58. The zero-order valence-corrected chi connectivity index (χ0v) is 13.1. The van der Waals surface area contributed by atoms with Gasteiger partial charge < -0.3 is 10.6 Å². The molecule has 2 N–H and O–H groups in total. The standard InChI is InChI=1S/C17H20N4O2/c1-12-14(11-19-21(12)13-7-3-2-4-8-13)16(22)20-15-9-5-6-10-18-17(15)23/h2-4,7-8,11,15H,5-6,9-10H2,1H3,(H,18,23)(H,20,22). The van der Waals surface area contributed by atoms with E-state index in [4.69, 9.17) is 0 Å². The Morgan fingerprint density at radius 2 is 2.09 bits per heavy atom. The minimum Gasteiger partial charge on any atom is -0.354 e. The summed E-state index contributed by atoms with van der Waals surface area (Å²) in [5.41, 5.74) is 2.14. The summed E-state index contributed by atoms with van der Waals surface area (Å²) in [5.74, 6) is -0.365. The second-order valence-corrected chi connectivity index (χ2v) is 5.70. The second kappa shape index (κ2) is 6.64. The van der Waals surface area contributed by atoms with Crippen LogP contribution in [0.5, 0.6) is 0 Å². The highest BCUT2D eigenvalue weighted by atomic mass is 16.2. The smallest absolute Gasteiger partial charge is 0.255 e. The lowest BCUT2D eigenvalue weighted by molar-refractivity contribution is -0.122. The fraction of sp³-hybridized carbons (Fsp3) is 0.353. The summed E-state index contributed by atoms with van der Waals surface area (Å²) in [7, 11) is 0. The molecule has 1 aromatic carbocycles. The molecule has 2 aromatic rings. The van der Waals surface area contributed by atoms with Gasteiger partial charge in [0.1, 0.15) is 6.04 Å². The summed E-state index contributed by atoms with van der Waals surface area (Å²) in [4.78, 5) is 24.4. The molecule has 0 aliphatic carbocycles. The van der Waals surface area contributed by atoms with Gasteiger partial charge in [-0.25, -0.2) is 4.68 Å². The SMILES string of the molecule is Cc1c(C(=O)NC2CCCCNC2=O)cnn1-c1ccccc1. The monoisotopic (exact) mass is 312 g/mol. The summed E-state index contributed by atoms with van der Waals surface area (Å²) >= 11 is 0. The Kier molecular flexibility index (Phi) is 4.41. The lowest BCUT2D eigenvalue weighted by atomic mass is 10.1. The normalized spacial score (nSPS) is 18.1. The van der Waals surface area contributed by atoms with E-state index in [0.29, 0.717) is 18.5 Å². The van der Waals surface area contributed by atoms with Crippen LogP contribution in [0, 0.1) is 6.92 Å². The number of hydrogen-bond acceptors (Lipinski definition) is 3. The average Bonchev–Trinajstić information content (AvgIpc) is 2.84. The molecule has 1 aliphatic heterocycles. The second-order valence-electron chi connectivity index (χ2n) is 5.70. The van der Waals surface area contributed by atoms with Crippen LogP contribution in [0.4, 0.5) is 0 Å². The highest BCUT2D eigenvalue weighted by molar-refractivity contribution is 5.98. The van der Waals surface area contributed by atoms with Crippen molar-refractivity contribution in [3.8, 4) is 5.69 Å². The van der Waals surface area contributed by atoms with Crippen molar-refractivity contribution in [3.05, 3.63) is 47.8 Å². The number of para-hydroxylation sites is 1. The van der Waals surface area contributed by atoms with Gasteiger partial charge in [0.2, 0.25) is 5.91 Å². The van der Waals surface area contributed by atoms with Crippen molar-refractivity contribution >= 4 is 11.8 Å². The number of nitrogens with one attached hydrogen (secondary N) is 2. The van der Waals surface area contributed by atoms with Crippen LogP contribution in [0.25, 0.3) is 5.69 Å². The van der Waals surface area contributed by atoms with E-state index >= 15 is 0 Å². The minimum absolute atomic E-state index is 0.107. The third-order valence-corrected chi connectivity index (χ3v) is 4.10. The quantitative estimate of drug-likeness (QED) is 0.903. The Balaban J connectivity index is 1.78. The van der Waals surface area contributed by atoms with Crippen molar-refractivity contribution in [2.45, 2.75) is 32.2 Å². The average molecular weight is 312 g/mol. The summed E-state index contributed by atoms with van der Waals surface area (Å²) in [6, 6.07) is 9.17. The largest absolute Gasteiger partial charge is 0.354 e. The van der Waals surface area contributed by atoms with Gasteiger partial charge in [0, 0.05) is 6.54 Å². The van der Waals surface area contributed by atoms with Gasteiger partial charge in [-0.15, -0.1) is 0 Å². The van der Waals surface area contributed by atoms with Crippen LogP contribution in [0.1, 0.15) is 35.3 Å². The number of aromatic nitrogens is 2. The van der Waals surface area contributed by atoms with Gasteiger partial charge in [0.25, 0.3) is 5.91 Å². The minimum atomic E-state index is -0.468. The molecular formula is C17H20N4O2. The third-order valence-electron chi connectivity index (χ3n) is 4.10. The van der Waals surface area contributed by atoms with Crippen LogP contribution in [-0.2, 0) is 4.79 Å². The van der Waals surface area contributed by atoms with Gasteiger partial charge in [-0.3, -0.25) is 9.59 Å². The van der Waals surface area contributed by atoms with Gasteiger partial charge in [-0.1, -0.05) is 18.2 Å². The van der Waals surface area contributed by atoms with Gasteiger partial charge in [-0.2, -0.15) is 5.10 Å². The molecule has 0 bridgehead atoms. The molecule has 23 heavy (non-hydrogen) atoms. The Bertz CT molecular complexity index is 709. The fourth-order valence-corrected chi connectivity index (χ4v) is 2.78. The highest BCUT2D eigenvalue weighted by Gasteiger charge is 2.24. The number of nitrogens with zero attached hydrogens (tertiary/aromatic N) is 2. The van der Waals surface area contributed by atoms with Crippen LogP contribution in [0.2, 0.25) is 0 Å². The van der Waals surface area contributed by atoms with Crippen LogP contribution >= 0.6 is 0 Å². The van der Waals surface area contributed by atoms with Crippen molar-refractivity contribution in [1.29, 1.82) is 0 Å². The summed E-state index contributed by atoms with van der Waals surface area (Å²) in [6.45, 7) is 2.53. The van der Waals surface area contributed by atoms with Crippen LogP contribution < -0.4 is 10.6 Å². The first kappa shape index (κ1) is 15.3. The molecule has 0 radical (unpaired) electrons. The molecule has 0 saturated carbocycles. The van der Waals surface area contributed by atoms with Crippen LogP contribution in [0.3, 0.4) is 0 Å². The maximum absolute atomic E-state index is 12.5. The molecule has 2 heterocycles. The number of carbonyl (C=O) groups is 2. The Hall–Kier alpha value is -2.63. The molecule has 0 spiro atoms. The van der Waals surface area contributed by atoms with Gasteiger partial charge in [0.05, 0.1) is 23.1 Å². The number of carbonyl (C=O) groups excluding carboxylic acids is 2. The van der Waals surface area contributed by atoms with Crippen molar-refractivity contribution < 1.29 is 9.59 Å². The van der Waals surface area contributed by atoms with E-state index < -0.39 is 6.04 Å². The molecule has 1 unspecified atom stereocenters. The van der Waals surface area contributed by atoms with Crippen LogP contribution in [0.15, 0.2) is 36.5 Å². The summed E-state index contributed by atoms with van der Waals surface area (Å²) < 4.78 is 1.72. The summed E-state index contributed by atoms with van der Waals surface area (Å²) in [6.07, 6.45) is 4.09. The lowest BCUT2D eigenvalue weighted by Gasteiger charge is -2.15. The summed E-state index contributed by atoms with van der Waals surface area (Å²) in [5, 5.41) is 9.94. The highest BCUT2D eigenvalue weighted by Crippen LogP contribution is 2.14. The molecule has 1 aliphatic rings. The number of rotatable bonds is 3. The first-order chi connectivity index (χ1) is 11.2.